The minimum atomic E-state index is 0. The van der Waals surface area contributed by atoms with Gasteiger partial charge in [0.25, 0.3) is 0 Å². The molecule has 1 saturated heterocycles. The number of nitrogens with one attached hydrogen (secondary N) is 1. The molecule has 2 rings (SSSR count). The first-order chi connectivity index (χ1) is 8.19. The molecule has 102 valence electrons. The number of ether oxygens (including phenoxy) is 1. The van der Waals surface area contributed by atoms with Crippen LogP contribution >= 0.6 is 12.4 Å². The third kappa shape index (κ3) is 3.87. The summed E-state index contributed by atoms with van der Waals surface area (Å²) < 4.78 is 5.28. The van der Waals surface area contributed by atoms with Crippen molar-refractivity contribution in [1.29, 1.82) is 0 Å². The van der Waals surface area contributed by atoms with E-state index in [-0.39, 0.29) is 12.4 Å². The summed E-state index contributed by atoms with van der Waals surface area (Å²) in [5, 5.41) is 3.47. The third-order valence-electron chi connectivity index (χ3n) is 3.32. The minimum absolute atomic E-state index is 0. The van der Waals surface area contributed by atoms with Gasteiger partial charge in [0.05, 0.1) is 7.11 Å². The van der Waals surface area contributed by atoms with Gasteiger partial charge in [-0.3, -0.25) is 4.90 Å². The van der Waals surface area contributed by atoms with Gasteiger partial charge in [0.15, 0.2) is 0 Å². The van der Waals surface area contributed by atoms with E-state index in [2.05, 4.69) is 42.3 Å². The topological polar surface area (TPSA) is 24.5 Å². The van der Waals surface area contributed by atoms with Crippen molar-refractivity contribution in [2.75, 3.05) is 26.7 Å². The van der Waals surface area contributed by atoms with Crippen molar-refractivity contribution in [2.45, 2.75) is 26.4 Å². The molecule has 18 heavy (non-hydrogen) atoms. The van der Waals surface area contributed by atoms with Crippen molar-refractivity contribution < 1.29 is 4.74 Å². The zero-order chi connectivity index (χ0) is 12.3. The lowest BCUT2D eigenvalue weighted by molar-refractivity contribution is 0.199. The number of hydrogen-bond donors (Lipinski definition) is 1. The fourth-order valence-corrected chi connectivity index (χ4v) is 2.45. The Bertz CT molecular complexity index is 384. The zero-order valence-electron chi connectivity index (χ0n) is 11.4. The van der Waals surface area contributed by atoms with Crippen molar-refractivity contribution in [2.24, 2.45) is 0 Å². The van der Waals surface area contributed by atoms with Crippen molar-refractivity contribution in [3.8, 4) is 5.75 Å². The number of piperazine rings is 1. The number of methoxy groups -OCH3 is 1. The molecule has 0 saturated carbocycles. The second-order valence-electron chi connectivity index (χ2n) is 4.89. The maximum Gasteiger partial charge on any atom is 0.121 e. The monoisotopic (exact) mass is 270 g/mol. The van der Waals surface area contributed by atoms with Crippen LogP contribution in [0.3, 0.4) is 0 Å². The highest BCUT2D eigenvalue weighted by atomic mass is 35.5. The molecule has 0 aliphatic carbocycles. The van der Waals surface area contributed by atoms with Gasteiger partial charge in [0.2, 0.25) is 0 Å². The van der Waals surface area contributed by atoms with Crippen molar-refractivity contribution in [1.82, 2.24) is 10.2 Å². The Hall–Kier alpha value is -0.770. The van der Waals surface area contributed by atoms with Gasteiger partial charge in [-0.05, 0) is 31.0 Å². The smallest absolute Gasteiger partial charge is 0.121 e. The van der Waals surface area contributed by atoms with Crippen molar-refractivity contribution in [3.63, 3.8) is 0 Å². The lowest BCUT2D eigenvalue weighted by Gasteiger charge is -2.31. The summed E-state index contributed by atoms with van der Waals surface area (Å²) in [7, 11) is 1.72. The zero-order valence-corrected chi connectivity index (χ0v) is 12.2. The fraction of sp³-hybridized carbons (Fsp3) is 0.571. The molecule has 1 unspecified atom stereocenters. The molecule has 1 atom stereocenters. The van der Waals surface area contributed by atoms with Gasteiger partial charge in [0, 0.05) is 32.2 Å². The van der Waals surface area contributed by atoms with E-state index in [0.717, 1.165) is 31.9 Å². The number of halogens is 1. The predicted octanol–water partition coefficient (Wildman–Crippen LogP) is 2.22. The van der Waals surface area contributed by atoms with Crippen LogP contribution in [0, 0.1) is 6.92 Å². The van der Waals surface area contributed by atoms with Gasteiger partial charge in [-0.25, -0.2) is 0 Å². The van der Waals surface area contributed by atoms with Crippen LogP contribution in [-0.4, -0.2) is 37.7 Å². The maximum atomic E-state index is 5.28. The van der Waals surface area contributed by atoms with E-state index < -0.39 is 0 Å². The van der Waals surface area contributed by atoms with Gasteiger partial charge in [-0.1, -0.05) is 12.1 Å². The van der Waals surface area contributed by atoms with Crippen LogP contribution in [0.1, 0.15) is 18.1 Å². The summed E-state index contributed by atoms with van der Waals surface area (Å²) in [5.41, 5.74) is 2.59. The molecule has 1 heterocycles. The van der Waals surface area contributed by atoms with E-state index in [0.29, 0.717) is 6.04 Å². The van der Waals surface area contributed by atoms with E-state index >= 15 is 0 Å². The molecule has 3 nitrogen and oxygen atoms in total. The molecule has 0 bridgehead atoms. The summed E-state index contributed by atoms with van der Waals surface area (Å²) >= 11 is 0. The number of rotatable bonds is 3. The molecular formula is C14H23ClN2O. The Morgan fingerprint density at radius 1 is 1.44 bits per heavy atom. The normalized spacial score (nSPS) is 20.3. The molecule has 0 amide bonds. The highest BCUT2D eigenvalue weighted by Gasteiger charge is 2.15. The largest absolute Gasteiger partial charge is 0.496 e. The highest BCUT2D eigenvalue weighted by molar-refractivity contribution is 5.85. The van der Waals surface area contributed by atoms with Crippen molar-refractivity contribution in [3.05, 3.63) is 29.3 Å². The first kappa shape index (κ1) is 15.3. The Morgan fingerprint density at radius 2 is 2.22 bits per heavy atom. The Kier molecular flexibility index (Phi) is 5.93. The van der Waals surface area contributed by atoms with E-state index in [1.807, 2.05) is 0 Å². The van der Waals surface area contributed by atoms with Crippen LogP contribution in [-0.2, 0) is 6.54 Å². The van der Waals surface area contributed by atoms with E-state index in [4.69, 9.17) is 4.74 Å². The van der Waals surface area contributed by atoms with Crippen LogP contribution in [0.5, 0.6) is 5.75 Å². The molecule has 0 aromatic heterocycles. The molecule has 4 heteroatoms. The summed E-state index contributed by atoms with van der Waals surface area (Å²) in [5.74, 6) is 0.974. The van der Waals surface area contributed by atoms with Gasteiger partial charge < -0.3 is 10.1 Å². The molecule has 1 fully saturated rings. The third-order valence-corrected chi connectivity index (χ3v) is 3.32. The summed E-state index contributed by atoms with van der Waals surface area (Å²) in [6.45, 7) is 8.74. The molecule has 1 aromatic rings. The van der Waals surface area contributed by atoms with Gasteiger partial charge in [-0.2, -0.15) is 0 Å². The first-order valence-corrected chi connectivity index (χ1v) is 6.28. The summed E-state index contributed by atoms with van der Waals surface area (Å²) in [4.78, 5) is 2.50. The Morgan fingerprint density at radius 3 is 2.83 bits per heavy atom. The summed E-state index contributed by atoms with van der Waals surface area (Å²) in [6, 6.07) is 7.06. The van der Waals surface area contributed by atoms with Gasteiger partial charge in [-0.15, -0.1) is 12.4 Å². The molecule has 1 N–H and O–H groups in total. The molecular weight excluding hydrogens is 248 g/mol. The Labute approximate surface area is 116 Å². The van der Waals surface area contributed by atoms with E-state index in [1.54, 1.807) is 7.11 Å². The molecule has 0 radical (unpaired) electrons. The van der Waals surface area contributed by atoms with Gasteiger partial charge in [0.1, 0.15) is 5.75 Å². The fourth-order valence-electron chi connectivity index (χ4n) is 2.45. The molecule has 1 aliphatic heterocycles. The van der Waals surface area contributed by atoms with Crippen LogP contribution in [0.4, 0.5) is 0 Å². The van der Waals surface area contributed by atoms with Crippen LogP contribution < -0.4 is 10.1 Å². The lowest BCUT2D eigenvalue weighted by atomic mass is 10.1. The number of benzene rings is 1. The maximum absolute atomic E-state index is 5.28. The van der Waals surface area contributed by atoms with Crippen LogP contribution in [0.2, 0.25) is 0 Å². The lowest BCUT2D eigenvalue weighted by Crippen LogP contribution is -2.48. The van der Waals surface area contributed by atoms with Crippen molar-refractivity contribution >= 4 is 12.4 Å². The number of hydrogen-bond acceptors (Lipinski definition) is 3. The van der Waals surface area contributed by atoms with Gasteiger partial charge >= 0.3 is 0 Å². The van der Waals surface area contributed by atoms with Crippen LogP contribution in [0.25, 0.3) is 0 Å². The van der Waals surface area contributed by atoms with Crippen LogP contribution in [0.15, 0.2) is 18.2 Å². The number of nitrogens with zero attached hydrogens (tertiary/aromatic N) is 1. The Balaban J connectivity index is 0.00000162. The van der Waals surface area contributed by atoms with E-state index in [9.17, 15) is 0 Å². The SMILES string of the molecule is COc1ccc(CN2CCNC(C)C2)cc1C.Cl. The predicted molar refractivity (Wildman–Crippen MR) is 77.7 cm³/mol. The summed E-state index contributed by atoms with van der Waals surface area (Å²) in [6.07, 6.45) is 0. The second-order valence-corrected chi connectivity index (χ2v) is 4.89. The standard InChI is InChI=1S/C14H22N2O.ClH/c1-11-8-13(4-5-14(11)17-3)10-16-7-6-15-12(2)9-16;/h4-5,8,12,15H,6-7,9-10H2,1-3H3;1H. The highest BCUT2D eigenvalue weighted by Crippen LogP contribution is 2.19. The average Bonchev–Trinajstić information content (AvgIpc) is 2.29. The molecule has 1 aliphatic rings. The minimum Gasteiger partial charge on any atom is -0.496 e. The average molecular weight is 271 g/mol. The molecule has 1 aromatic carbocycles. The molecule has 0 spiro atoms. The quantitative estimate of drug-likeness (QED) is 0.912. The number of aryl methyl sites for hydroxylation is 1. The first-order valence-electron chi connectivity index (χ1n) is 6.28. The van der Waals surface area contributed by atoms with E-state index in [1.165, 1.54) is 11.1 Å². The second kappa shape index (κ2) is 6.98.